The van der Waals surface area contributed by atoms with Crippen molar-refractivity contribution in [3.8, 4) is 0 Å². The zero-order valence-corrected chi connectivity index (χ0v) is 13.0. The zero-order valence-electron chi connectivity index (χ0n) is 13.0. The van der Waals surface area contributed by atoms with Crippen LogP contribution in [-0.2, 0) is 0 Å². The summed E-state index contributed by atoms with van der Waals surface area (Å²) in [6.07, 6.45) is 0.639. The number of aryl methyl sites for hydroxylation is 1. The zero-order chi connectivity index (χ0) is 16.7. The van der Waals surface area contributed by atoms with Crippen molar-refractivity contribution in [2.24, 2.45) is 5.10 Å². The van der Waals surface area contributed by atoms with E-state index in [9.17, 15) is 9.18 Å². The summed E-state index contributed by atoms with van der Waals surface area (Å²) in [6, 6.07) is 11.3. The van der Waals surface area contributed by atoms with Gasteiger partial charge in [0.15, 0.2) is 11.5 Å². The first-order chi connectivity index (χ1) is 11.6. The molecule has 5 nitrogen and oxygen atoms in total. The van der Waals surface area contributed by atoms with E-state index >= 15 is 0 Å². The number of halogens is 1. The first kappa shape index (κ1) is 14.6. The maximum atomic E-state index is 13.3. The summed E-state index contributed by atoms with van der Waals surface area (Å²) in [5.74, 6) is -0.130. The molecule has 0 bridgehead atoms. The summed E-state index contributed by atoms with van der Waals surface area (Å²) in [5, 5.41) is 5.77. The average Bonchev–Trinajstić information content (AvgIpc) is 3.19. The van der Waals surface area contributed by atoms with Crippen molar-refractivity contribution in [2.45, 2.75) is 13.3 Å². The smallest absolute Gasteiger partial charge is 0.274 e. The van der Waals surface area contributed by atoms with Gasteiger partial charge in [-0.25, -0.2) is 14.4 Å². The van der Waals surface area contributed by atoms with Crippen molar-refractivity contribution in [3.05, 3.63) is 65.3 Å². The Morgan fingerprint density at radius 1 is 1.25 bits per heavy atom. The van der Waals surface area contributed by atoms with Crippen LogP contribution in [-0.4, -0.2) is 28.2 Å². The molecule has 0 atom stereocenters. The molecule has 1 amide bonds. The molecule has 4 rings (SSSR count). The maximum Gasteiger partial charge on any atom is 0.274 e. The molecule has 0 saturated carbocycles. The molecule has 0 N–H and O–H groups in total. The minimum Gasteiger partial charge on any atom is -0.441 e. The molecule has 0 saturated heterocycles. The van der Waals surface area contributed by atoms with E-state index in [0.29, 0.717) is 30.0 Å². The molecule has 0 spiro atoms. The Morgan fingerprint density at radius 3 is 2.96 bits per heavy atom. The van der Waals surface area contributed by atoms with E-state index in [2.05, 4.69) is 10.1 Å². The lowest BCUT2D eigenvalue weighted by atomic mass is 10.1. The van der Waals surface area contributed by atoms with Crippen LogP contribution in [0.2, 0.25) is 0 Å². The first-order valence-corrected chi connectivity index (χ1v) is 7.62. The summed E-state index contributed by atoms with van der Waals surface area (Å²) in [6.45, 7) is 2.27. The van der Waals surface area contributed by atoms with Crippen molar-refractivity contribution in [3.63, 3.8) is 0 Å². The van der Waals surface area contributed by atoms with E-state index in [1.165, 1.54) is 23.2 Å². The second kappa shape index (κ2) is 5.56. The van der Waals surface area contributed by atoms with Gasteiger partial charge in [0.1, 0.15) is 11.3 Å². The van der Waals surface area contributed by atoms with Crippen LogP contribution in [0.4, 0.5) is 4.39 Å². The van der Waals surface area contributed by atoms with Crippen LogP contribution >= 0.6 is 0 Å². The number of fused-ring (bicyclic) bond motifs is 1. The largest absolute Gasteiger partial charge is 0.441 e. The van der Waals surface area contributed by atoms with E-state index in [1.807, 2.05) is 18.2 Å². The maximum absolute atomic E-state index is 13.3. The minimum absolute atomic E-state index is 0.293. The lowest BCUT2D eigenvalue weighted by Crippen LogP contribution is -2.23. The summed E-state index contributed by atoms with van der Waals surface area (Å²) >= 11 is 0. The predicted molar refractivity (Wildman–Crippen MR) is 87.3 cm³/mol. The molecule has 1 aliphatic rings. The van der Waals surface area contributed by atoms with Crippen LogP contribution in [0.15, 0.2) is 52.0 Å². The highest BCUT2D eigenvalue weighted by Gasteiger charge is 2.23. The van der Waals surface area contributed by atoms with Gasteiger partial charge >= 0.3 is 0 Å². The van der Waals surface area contributed by atoms with Gasteiger partial charge in [-0.2, -0.15) is 5.10 Å². The number of carbonyl (C=O) groups is 1. The number of aromatic nitrogens is 1. The number of carbonyl (C=O) groups excluding carboxylic acids is 1. The summed E-state index contributed by atoms with van der Waals surface area (Å²) in [5.41, 5.74) is 3.48. The Balaban J connectivity index is 1.62. The third-order valence-electron chi connectivity index (χ3n) is 3.94. The lowest BCUT2D eigenvalue weighted by molar-refractivity contribution is 0.0778. The van der Waals surface area contributed by atoms with Crippen molar-refractivity contribution in [1.82, 2.24) is 9.99 Å². The molecule has 120 valence electrons. The van der Waals surface area contributed by atoms with Gasteiger partial charge in [-0.15, -0.1) is 0 Å². The van der Waals surface area contributed by atoms with Gasteiger partial charge in [-0.3, -0.25) is 4.79 Å². The molecule has 0 aliphatic carbocycles. The molecule has 0 unspecified atom stereocenters. The van der Waals surface area contributed by atoms with E-state index in [-0.39, 0.29) is 5.91 Å². The number of rotatable bonds is 2. The molecule has 3 aromatic rings. The van der Waals surface area contributed by atoms with Crippen LogP contribution in [0.25, 0.3) is 11.1 Å². The van der Waals surface area contributed by atoms with Crippen LogP contribution in [0.3, 0.4) is 0 Å². The molecule has 1 aliphatic heterocycles. The van der Waals surface area contributed by atoms with Gasteiger partial charge in [-0.1, -0.05) is 12.1 Å². The normalized spacial score (nSPS) is 14.2. The monoisotopic (exact) mass is 323 g/mol. The number of benzene rings is 2. The highest BCUT2D eigenvalue weighted by atomic mass is 19.1. The van der Waals surface area contributed by atoms with Gasteiger partial charge in [0.25, 0.3) is 5.91 Å². The summed E-state index contributed by atoms with van der Waals surface area (Å²) in [7, 11) is 0. The molecule has 6 heteroatoms. The highest BCUT2D eigenvalue weighted by molar-refractivity contribution is 6.05. The lowest BCUT2D eigenvalue weighted by Gasteiger charge is -2.11. The van der Waals surface area contributed by atoms with Gasteiger partial charge in [0.05, 0.1) is 12.3 Å². The number of hydrogen-bond acceptors (Lipinski definition) is 4. The standard InChI is InChI=1S/C18H14FN3O2/c1-11-20-16-6-5-12(10-17(16)24-11)15-7-8-22(21-15)18(23)13-3-2-4-14(19)9-13/h2-6,9-10H,7-8H2,1H3. The van der Waals surface area contributed by atoms with E-state index in [0.717, 1.165) is 16.8 Å². The van der Waals surface area contributed by atoms with Gasteiger partial charge in [0, 0.05) is 24.5 Å². The minimum atomic E-state index is -0.435. The quantitative estimate of drug-likeness (QED) is 0.725. The Morgan fingerprint density at radius 2 is 2.12 bits per heavy atom. The number of hydrogen-bond donors (Lipinski definition) is 0. The van der Waals surface area contributed by atoms with Crippen molar-refractivity contribution < 1.29 is 13.6 Å². The first-order valence-electron chi connectivity index (χ1n) is 7.62. The van der Waals surface area contributed by atoms with Gasteiger partial charge in [-0.05, 0) is 30.3 Å². The number of hydrazone groups is 1. The average molecular weight is 323 g/mol. The second-order valence-electron chi connectivity index (χ2n) is 5.65. The number of nitrogens with zero attached hydrogens (tertiary/aromatic N) is 3. The summed E-state index contributed by atoms with van der Waals surface area (Å²) < 4.78 is 18.8. The molecular formula is C18H14FN3O2. The fraction of sp³-hybridized carbons (Fsp3) is 0.167. The SMILES string of the molecule is Cc1nc2ccc(C3=NN(C(=O)c4cccc(F)c4)CC3)cc2o1. The summed E-state index contributed by atoms with van der Waals surface area (Å²) in [4.78, 5) is 16.7. The van der Waals surface area contributed by atoms with Crippen LogP contribution in [0, 0.1) is 12.7 Å². The van der Waals surface area contributed by atoms with Gasteiger partial charge in [0.2, 0.25) is 0 Å². The second-order valence-corrected chi connectivity index (χ2v) is 5.65. The molecule has 0 radical (unpaired) electrons. The fourth-order valence-electron chi connectivity index (χ4n) is 2.80. The van der Waals surface area contributed by atoms with Crippen molar-refractivity contribution >= 4 is 22.7 Å². The Kier molecular flexibility index (Phi) is 3.37. The highest BCUT2D eigenvalue weighted by Crippen LogP contribution is 2.21. The third kappa shape index (κ3) is 2.56. The van der Waals surface area contributed by atoms with Crippen LogP contribution in [0.5, 0.6) is 0 Å². The Labute approximate surface area is 137 Å². The molecular weight excluding hydrogens is 309 g/mol. The van der Waals surface area contributed by atoms with E-state index < -0.39 is 5.82 Å². The van der Waals surface area contributed by atoms with Crippen LogP contribution < -0.4 is 0 Å². The molecule has 24 heavy (non-hydrogen) atoms. The molecule has 2 heterocycles. The Bertz CT molecular complexity index is 977. The van der Waals surface area contributed by atoms with E-state index in [4.69, 9.17) is 4.42 Å². The Hall–Kier alpha value is -3.02. The van der Waals surface area contributed by atoms with E-state index in [1.54, 1.807) is 13.0 Å². The van der Waals surface area contributed by atoms with Crippen molar-refractivity contribution in [2.75, 3.05) is 6.54 Å². The number of amides is 1. The third-order valence-corrected chi connectivity index (χ3v) is 3.94. The molecule has 0 fully saturated rings. The molecule has 1 aromatic heterocycles. The fourth-order valence-corrected chi connectivity index (χ4v) is 2.80. The molecule has 2 aromatic carbocycles. The predicted octanol–water partition coefficient (Wildman–Crippen LogP) is 3.53. The van der Waals surface area contributed by atoms with Crippen LogP contribution in [0.1, 0.15) is 28.2 Å². The van der Waals surface area contributed by atoms with Gasteiger partial charge < -0.3 is 4.42 Å². The number of oxazole rings is 1. The topological polar surface area (TPSA) is 58.7 Å². The van der Waals surface area contributed by atoms with Crippen molar-refractivity contribution in [1.29, 1.82) is 0 Å².